The Morgan fingerprint density at radius 1 is 0.960 bits per heavy atom. The predicted molar refractivity (Wildman–Crippen MR) is 95.4 cm³/mol. The van der Waals surface area contributed by atoms with Gasteiger partial charge in [-0.2, -0.15) is 0 Å². The molecule has 1 atom stereocenters. The molecule has 2 aromatic rings. The average molecular weight is 339 g/mol. The average Bonchev–Trinajstić information content (AvgIpc) is 2.68. The number of rotatable bonds is 5. The molecule has 130 valence electrons. The van der Waals surface area contributed by atoms with E-state index in [2.05, 4.69) is 0 Å². The first kappa shape index (κ1) is 17.0. The maximum atomic E-state index is 12.9. The Balaban J connectivity index is 1.79. The van der Waals surface area contributed by atoms with Gasteiger partial charge >= 0.3 is 0 Å². The Kier molecular flexibility index (Phi) is 5.03. The standard InChI is InChI=1S/C20H21NO4/c1-24-16-9-5-14(6-10-16)19(22)18-4-3-13-21(20(18)23)15-7-11-17(25-2)12-8-15/h5-12,18H,3-4,13H2,1-2H3. The van der Waals surface area contributed by atoms with E-state index in [1.54, 1.807) is 43.4 Å². The van der Waals surface area contributed by atoms with Gasteiger partial charge in [-0.3, -0.25) is 9.59 Å². The molecule has 1 fully saturated rings. The lowest BCUT2D eigenvalue weighted by Gasteiger charge is -2.31. The largest absolute Gasteiger partial charge is 0.497 e. The Hall–Kier alpha value is -2.82. The Morgan fingerprint density at radius 2 is 1.52 bits per heavy atom. The second kappa shape index (κ2) is 7.38. The number of ether oxygens (including phenoxy) is 2. The minimum absolute atomic E-state index is 0.133. The van der Waals surface area contributed by atoms with Gasteiger partial charge in [0, 0.05) is 17.8 Å². The molecule has 0 spiro atoms. The summed E-state index contributed by atoms with van der Waals surface area (Å²) in [4.78, 5) is 27.3. The maximum Gasteiger partial charge on any atom is 0.237 e. The number of hydrogen-bond acceptors (Lipinski definition) is 4. The third kappa shape index (κ3) is 3.50. The Morgan fingerprint density at radius 3 is 2.08 bits per heavy atom. The van der Waals surface area contributed by atoms with Gasteiger partial charge in [-0.05, 0) is 61.4 Å². The molecule has 1 heterocycles. The van der Waals surface area contributed by atoms with Gasteiger partial charge in [0.15, 0.2) is 5.78 Å². The molecule has 25 heavy (non-hydrogen) atoms. The zero-order valence-electron chi connectivity index (χ0n) is 14.4. The van der Waals surface area contributed by atoms with E-state index in [9.17, 15) is 9.59 Å². The first-order chi connectivity index (χ1) is 12.1. The number of amides is 1. The molecule has 0 N–H and O–H groups in total. The van der Waals surface area contributed by atoms with Crippen molar-refractivity contribution in [3.05, 3.63) is 54.1 Å². The molecule has 1 unspecified atom stereocenters. The lowest BCUT2D eigenvalue weighted by molar-refractivity contribution is -0.122. The summed E-state index contributed by atoms with van der Waals surface area (Å²) in [6, 6.07) is 14.2. The summed E-state index contributed by atoms with van der Waals surface area (Å²) in [7, 11) is 3.18. The van der Waals surface area contributed by atoms with Crippen molar-refractivity contribution in [3.8, 4) is 11.5 Å². The normalized spacial score (nSPS) is 17.3. The van der Waals surface area contributed by atoms with Gasteiger partial charge in [0.25, 0.3) is 0 Å². The Bertz CT molecular complexity index is 752. The monoisotopic (exact) mass is 339 g/mol. The van der Waals surface area contributed by atoms with Crippen LogP contribution in [0.1, 0.15) is 23.2 Å². The minimum atomic E-state index is -0.635. The highest BCUT2D eigenvalue weighted by atomic mass is 16.5. The summed E-state index contributed by atoms with van der Waals surface area (Å²) in [5.41, 5.74) is 1.33. The maximum absolute atomic E-state index is 12.9. The van der Waals surface area contributed by atoms with Crippen LogP contribution >= 0.6 is 0 Å². The van der Waals surface area contributed by atoms with Crippen molar-refractivity contribution in [3.63, 3.8) is 0 Å². The van der Waals surface area contributed by atoms with E-state index < -0.39 is 5.92 Å². The summed E-state index contributed by atoms with van der Waals surface area (Å²) in [5, 5.41) is 0. The molecule has 1 saturated heterocycles. The van der Waals surface area contributed by atoms with Gasteiger partial charge in [-0.25, -0.2) is 0 Å². The van der Waals surface area contributed by atoms with Crippen molar-refractivity contribution in [2.24, 2.45) is 5.92 Å². The zero-order chi connectivity index (χ0) is 17.8. The van der Waals surface area contributed by atoms with E-state index in [0.717, 1.165) is 17.9 Å². The van der Waals surface area contributed by atoms with Crippen molar-refractivity contribution < 1.29 is 19.1 Å². The van der Waals surface area contributed by atoms with Crippen LogP contribution in [0.25, 0.3) is 0 Å². The van der Waals surface area contributed by atoms with Crippen LogP contribution in [0, 0.1) is 5.92 Å². The van der Waals surface area contributed by atoms with Crippen LogP contribution in [0.4, 0.5) is 5.69 Å². The van der Waals surface area contributed by atoms with Crippen LogP contribution in [0.2, 0.25) is 0 Å². The third-order valence-corrected chi connectivity index (χ3v) is 4.51. The fourth-order valence-electron chi connectivity index (χ4n) is 3.09. The first-order valence-corrected chi connectivity index (χ1v) is 8.27. The predicted octanol–water partition coefficient (Wildman–Crippen LogP) is 3.33. The molecule has 0 radical (unpaired) electrons. The van der Waals surface area contributed by atoms with Gasteiger partial charge < -0.3 is 14.4 Å². The number of ketones is 1. The highest BCUT2D eigenvalue weighted by molar-refractivity contribution is 6.14. The fourth-order valence-corrected chi connectivity index (χ4v) is 3.09. The molecule has 0 aliphatic carbocycles. The van der Waals surface area contributed by atoms with Crippen LogP contribution in [-0.4, -0.2) is 32.5 Å². The van der Waals surface area contributed by atoms with Crippen molar-refractivity contribution in [1.29, 1.82) is 0 Å². The second-order valence-electron chi connectivity index (χ2n) is 5.98. The molecule has 1 amide bonds. The van der Waals surface area contributed by atoms with Crippen molar-refractivity contribution in [1.82, 2.24) is 0 Å². The Labute approximate surface area is 147 Å². The summed E-state index contributed by atoms with van der Waals surface area (Å²) >= 11 is 0. The van der Waals surface area contributed by atoms with E-state index in [1.165, 1.54) is 0 Å². The summed E-state index contributed by atoms with van der Waals surface area (Å²) in [6.45, 7) is 0.623. The first-order valence-electron chi connectivity index (χ1n) is 8.27. The van der Waals surface area contributed by atoms with Crippen LogP contribution in [-0.2, 0) is 4.79 Å². The number of anilines is 1. The van der Waals surface area contributed by atoms with Crippen LogP contribution < -0.4 is 14.4 Å². The van der Waals surface area contributed by atoms with Crippen LogP contribution in [0.15, 0.2) is 48.5 Å². The summed E-state index contributed by atoms with van der Waals surface area (Å²) in [6.07, 6.45) is 1.38. The number of carbonyl (C=O) groups excluding carboxylic acids is 2. The second-order valence-corrected chi connectivity index (χ2v) is 5.98. The van der Waals surface area contributed by atoms with Crippen molar-refractivity contribution >= 4 is 17.4 Å². The molecule has 1 aliphatic heterocycles. The number of piperidine rings is 1. The molecular formula is C20H21NO4. The van der Waals surface area contributed by atoms with Gasteiger partial charge in [0.2, 0.25) is 5.91 Å². The van der Waals surface area contributed by atoms with E-state index in [4.69, 9.17) is 9.47 Å². The third-order valence-electron chi connectivity index (χ3n) is 4.51. The molecular weight excluding hydrogens is 318 g/mol. The topological polar surface area (TPSA) is 55.8 Å². The number of carbonyl (C=O) groups is 2. The van der Waals surface area contributed by atoms with Gasteiger partial charge in [-0.15, -0.1) is 0 Å². The fraction of sp³-hybridized carbons (Fsp3) is 0.300. The lowest BCUT2D eigenvalue weighted by atomic mass is 9.89. The van der Waals surface area contributed by atoms with E-state index in [0.29, 0.717) is 24.3 Å². The van der Waals surface area contributed by atoms with Crippen molar-refractivity contribution in [2.45, 2.75) is 12.8 Å². The number of Topliss-reactive ketones (excluding diaryl/α,β-unsaturated/α-hetero) is 1. The van der Waals surface area contributed by atoms with E-state index in [1.807, 2.05) is 24.3 Å². The minimum Gasteiger partial charge on any atom is -0.497 e. The van der Waals surface area contributed by atoms with Gasteiger partial charge in [0.1, 0.15) is 17.4 Å². The molecule has 1 aliphatic rings. The van der Waals surface area contributed by atoms with Crippen molar-refractivity contribution in [2.75, 3.05) is 25.7 Å². The summed E-state index contributed by atoms with van der Waals surface area (Å²) in [5.74, 6) is 0.512. The van der Waals surface area contributed by atoms with Gasteiger partial charge in [-0.1, -0.05) is 0 Å². The van der Waals surface area contributed by atoms with Crippen LogP contribution in [0.5, 0.6) is 11.5 Å². The molecule has 0 saturated carbocycles. The summed E-state index contributed by atoms with van der Waals surface area (Å²) < 4.78 is 10.3. The SMILES string of the molecule is COc1ccc(C(=O)C2CCCN(c3ccc(OC)cc3)C2=O)cc1. The highest BCUT2D eigenvalue weighted by Crippen LogP contribution is 2.28. The van der Waals surface area contributed by atoms with Gasteiger partial charge in [0.05, 0.1) is 14.2 Å². The number of hydrogen-bond donors (Lipinski definition) is 0. The van der Waals surface area contributed by atoms with E-state index in [-0.39, 0.29) is 11.7 Å². The smallest absolute Gasteiger partial charge is 0.237 e. The van der Waals surface area contributed by atoms with E-state index >= 15 is 0 Å². The quantitative estimate of drug-likeness (QED) is 0.619. The zero-order valence-corrected chi connectivity index (χ0v) is 14.4. The molecule has 0 bridgehead atoms. The van der Waals surface area contributed by atoms with Crippen LogP contribution in [0.3, 0.4) is 0 Å². The molecule has 5 nitrogen and oxygen atoms in total. The molecule has 0 aromatic heterocycles. The number of methoxy groups -OCH3 is 2. The molecule has 3 rings (SSSR count). The molecule has 2 aromatic carbocycles. The number of benzene rings is 2. The highest BCUT2D eigenvalue weighted by Gasteiger charge is 2.35. The lowest BCUT2D eigenvalue weighted by Crippen LogP contribution is -2.44. The molecule has 5 heteroatoms. The number of nitrogens with zero attached hydrogens (tertiary/aromatic N) is 1.